The topological polar surface area (TPSA) is 62.9 Å². The zero-order valence-electron chi connectivity index (χ0n) is 24.1. The molecule has 0 bridgehead atoms. The number of aromatic nitrogens is 3. The summed E-state index contributed by atoms with van der Waals surface area (Å²) in [6.45, 7) is 8.12. The fraction of sp³-hybridized carbons (Fsp3) is 0.265. The molecule has 1 aromatic carbocycles. The highest BCUT2D eigenvalue weighted by Gasteiger charge is 2.17. The Bertz CT molecular complexity index is 1860. The lowest BCUT2D eigenvalue weighted by atomic mass is 9.93. The van der Waals surface area contributed by atoms with Crippen LogP contribution in [0.4, 0.5) is 5.69 Å². The van der Waals surface area contributed by atoms with Crippen molar-refractivity contribution in [1.29, 1.82) is 0 Å². The molecule has 7 heteroatoms. The van der Waals surface area contributed by atoms with Crippen LogP contribution in [0.5, 0.6) is 0 Å². The lowest BCUT2D eigenvalue weighted by molar-refractivity contribution is 0.313. The lowest BCUT2D eigenvalue weighted by Crippen LogP contribution is -2.44. The van der Waals surface area contributed by atoms with Gasteiger partial charge in [-0.1, -0.05) is 18.2 Å². The summed E-state index contributed by atoms with van der Waals surface area (Å²) in [6.07, 6.45) is 6.08. The Balaban J connectivity index is 1.33. The van der Waals surface area contributed by atoms with Crippen molar-refractivity contribution in [2.75, 3.05) is 38.1 Å². The van der Waals surface area contributed by atoms with Crippen LogP contribution in [0, 0.1) is 13.8 Å². The molecule has 0 unspecified atom stereocenters. The summed E-state index contributed by atoms with van der Waals surface area (Å²) in [5.41, 5.74) is 9.05. The van der Waals surface area contributed by atoms with Gasteiger partial charge in [0.2, 0.25) is 0 Å². The SMILES string of the molecule is Cc1ccn2c(=O)c(-c3cccc(-c4cc(Cc5ccc(N6CCN(C)CC6)cn5)c(=O)n(C)c4)c3C)ccc2c1. The number of hydrogen-bond acceptors (Lipinski definition) is 5. The Morgan fingerprint density at radius 1 is 0.805 bits per heavy atom. The third-order valence-electron chi connectivity index (χ3n) is 8.25. The van der Waals surface area contributed by atoms with Crippen LogP contribution in [0.15, 0.2) is 88.8 Å². The van der Waals surface area contributed by atoms with Crippen molar-refractivity contribution >= 4 is 11.2 Å². The third kappa shape index (κ3) is 5.21. The fourth-order valence-corrected chi connectivity index (χ4v) is 5.78. The van der Waals surface area contributed by atoms with Crippen molar-refractivity contribution in [1.82, 2.24) is 18.9 Å². The molecule has 0 amide bonds. The van der Waals surface area contributed by atoms with E-state index in [9.17, 15) is 9.59 Å². The first-order valence-corrected chi connectivity index (χ1v) is 14.1. The average Bonchev–Trinajstić information content (AvgIpc) is 2.97. The molecule has 4 aromatic heterocycles. The van der Waals surface area contributed by atoms with E-state index in [1.54, 1.807) is 16.0 Å². The van der Waals surface area contributed by atoms with Gasteiger partial charge in [0.25, 0.3) is 11.1 Å². The van der Waals surface area contributed by atoms with Crippen molar-refractivity contribution in [3.63, 3.8) is 0 Å². The van der Waals surface area contributed by atoms with Crippen molar-refractivity contribution in [2.24, 2.45) is 7.05 Å². The van der Waals surface area contributed by atoms with Gasteiger partial charge in [0.05, 0.1) is 11.9 Å². The second-order valence-corrected chi connectivity index (χ2v) is 11.2. The quantitative estimate of drug-likeness (QED) is 0.321. The largest absolute Gasteiger partial charge is 0.368 e. The van der Waals surface area contributed by atoms with E-state index in [2.05, 4.69) is 22.9 Å². The first-order chi connectivity index (χ1) is 19.8. The lowest BCUT2D eigenvalue weighted by Gasteiger charge is -2.33. The van der Waals surface area contributed by atoms with Crippen LogP contribution in [-0.2, 0) is 13.5 Å². The van der Waals surface area contributed by atoms with Gasteiger partial charge < -0.3 is 14.4 Å². The zero-order chi connectivity index (χ0) is 28.7. The normalized spacial score (nSPS) is 14.1. The van der Waals surface area contributed by atoms with E-state index in [1.165, 1.54) is 0 Å². The first-order valence-electron chi connectivity index (χ1n) is 14.1. The Morgan fingerprint density at radius 3 is 2.34 bits per heavy atom. The minimum absolute atomic E-state index is 0.0319. The predicted molar refractivity (Wildman–Crippen MR) is 166 cm³/mol. The maximum atomic E-state index is 13.4. The van der Waals surface area contributed by atoms with E-state index < -0.39 is 0 Å². The highest BCUT2D eigenvalue weighted by Crippen LogP contribution is 2.31. The monoisotopic (exact) mass is 545 g/mol. The molecule has 0 N–H and O–H groups in total. The number of piperazine rings is 1. The van der Waals surface area contributed by atoms with Crippen LogP contribution in [0.1, 0.15) is 22.4 Å². The number of likely N-dealkylation sites (N-methyl/N-ethyl adjacent to an activating group) is 1. The minimum atomic E-state index is -0.0463. The molecule has 5 heterocycles. The molecule has 208 valence electrons. The third-order valence-corrected chi connectivity index (χ3v) is 8.25. The molecular formula is C34H35N5O2. The Labute approximate surface area is 240 Å². The number of nitrogens with zero attached hydrogens (tertiary/aromatic N) is 5. The van der Waals surface area contributed by atoms with Gasteiger partial charge in [-0.2, -0.15) is 0 Å². The maximum Gasteiger partial charge on any atom is 0.262 e. The van der Waals surface area contributed by atoms with Crippen LogP contribution in [0.3, 0.4) is 0 Å². The Kier molecular flexibility index (Phi) is 7.05. The number of hydrogen-bond donors (Lipinski definition) is 0. The molecule has 1 aliphatic rings. The van der Waals surface area contributed by atoms with E-state index in [-0.39, 0.29) is 11.1 Å². The number of aryl methyl sites for hydroxylation is 2. The van der Waals surface area contributed by atoms with Crippen LogP contribution in [0.2, 0.25) is 0 Å². The molecule has 41 heavy (non-hydrogen) atoms. The minimum Gasteiger partial charge on any atom is -0.368 e. The van der Waals surface area contributed by atoms with Crippen molar-refractivity contribution in [3.05, 3.63) is 122 Å². The number of anilines is 1. The van der Waals surface area contributed by atoms with Gasteiger partial charge in [-0.15, -0.1) is 0 Å². The molecule has 0 radical (unpaired) electrons. The van der Waals surface area contributed by atoms with E-state index in [0.717, 1.165) is 70.9 Å². The first kappa shape index (κ1) is 26.7. The number of benzene rings is 1. The molecule has 0 atom stereocenters. The van der Waals surface area contributed by atoms with Crippen LogP contribution >= 0.6 is 0 Å². The summed E-state index contributed by atoms with van der Waals surface area (Å²) in [5, 5.41) is 0. The summed E-state index contributed by atoms with van der Waals surface area (Å²) in [5.74, 6) is 0. The standard InChI is InChI=1S/C34H35N5O2/c1-23-12-13-39-28(18-23)10-11-32(34(39)41)31-7-5-6-30(24(31)2)26-19-25(33(40)37(4)22-26)20-27-8-9-29(21-35-27)38-16-14-36(3)15-17-38/h5-13,18-19,21-22H,14-17,20H2,1-4H3. The highest BCUT2D eigenvalue weighted by molar-refractivity contribution is 5.78. The van der Waals surface area contributed by atoms with Gasteiger partial charge >= 0.3 is 0 Å². The predicted octanol–water partition coefficient (Wildman–Crippen LogP) is 4.69. The molecule has 0 spiro atoms. The van der Waals surface area contributed by atoms with Crippen LogP contribution in [-0.4, -0.2) is 52.1 Å². The molecular weight excluding hydrogens is 510 g/mol. The summed E-state index contributed by atoms with van der Waals surface area (Å²) in [4.78, 5) is 36.0. The fourth-order valence-electron chi connectivity index (χ4n) is 5.78. The number of rotatable bonds is 5. The Hall–Kier alpha value is -4.49. The maximum absolute atomic E-state index is 13.4. The Morgan fingerprint density at radius 2 is 1.59 bits per heavy atom. The summed E-state index contributed by atoms with van der Waals surface area (Å²) in [7, 11) is 3.94. The molecule has 1 aliphatic heterocycles. The molecule has 7 nitrogen and oxygen atoms in total. The molecule has 0 saturated carbocycles. The average molecular weight is 546 g/mol. The van der Waals surface area contributed by atoms with E-state index in [4.69, 9.17) is 4.98 Å². The molecule has 6 rings (SSSR count). The number of pyridine rings is 4. The van der Waals surface area contributed by atoms with Gasteiger partial charge in [0, 0.05) is 74.4 Å². The van der Waals surface area contributed by atoms with Gasteiger partial charge in [0.15, 0.2) is 0 Å². The van der Waals surface area contributed by atoms with E-state index >= 15 is 0 Å². The van der Waals surface area contributed by atoms with Gasteiger partial charge in [-0.3, -0.25) is 19.0 Å². The second-order valence-electron chi connectivity index (χ2n) is 11.2. The van der Waals surface area contributed by atoms with Crippen molar-refractivity contribution in [2.45, 2.75) is 20.3 Å². The highest BCUT2D eigenvalue weighted by atomic mass is 16.1. The molecule has 1 saturated heterocycles. The van der Waals surface area contributed by atoms with Crippen LogP contribution < -0.4 is 16.0 Å². The summed E-state index contributed by atoms with van der Waals surface area (Å²) >= 11 is 0. The van der Waals surface area contributed by atoms with Crippen molar-refractivity contribution < 1.29 is 0 Å². The summed E-state index contributed by atoms with van der Waals surface area (Å²) in [6, 6.07) is 20.0. The van der Waals surface area contributed by atoms with Gasteiger partial charge in [0.1, 0.15) is 0 Å². The van der Waals surface area contributed by atoms with Gasteiger partial charge in [-0.05, 0) is 91.2 Å². The molecule has 0 aliphatic carbocycles. The van der Waals surface area contributed by atoms with Crippen molar-refractivity contribution in [3.8, 4) is 22.3 Å². The molecule has 1 fully saturated rings. The van der Waals surface area contributed by atoms with E-state index in [0.29, 0.717) is 17.5 Å². The zero-order valence-corrected chi connectivity index (χ0v) is 24.1. The summed E-state index contributed by atoms with van der Waals surface area (Å²) < 4.78 is 3.34. The van der Waals surface area contributed by atoms with E-state index in [1.807, 2.05) is 87.0 Å². The van der Waals surface area contributed by atoms with Gasteiger partial charge in [-0.25, -0.2) is 0 Å². The number of fused-ring (bicyclic) bond motifs is 1. The smallest absolute Gasteiger partial charge is 0.262 e. The second kappa shape index (κ2) is 10.8. The van der Waals surface area contributed by atoms with Crippen LogP contribution in [0.25, 0.3) is 27.8 Å². The molecule has 5 aromatic rings.